The topological polar surface area (TPSA) is 80.4 Å². The summed E-state index contributed by atoms with van der Waals surface area (Å²) in [5.74, 6) is -0.0327. The molecule has 2 aromatic carbocycles. The third-order valence-corrected chi connectivity index (χ3v) is 3.45. The van der Waals surface area contributed by atoms with Gasteiger partial charge in [0.15, 0.2) is 0 Å². The van der Waals surface area contributed by atoms with Crippen molar-refractivity contribution >= 4 is 11.5 Å². The molecule has 0 saturated carbocycles. The van der Waals surface area contributed by atoms with Crippen LogP contribution in [0.25, 0.3) is 0 Å². The maximum Gasteiger partial charge on any atom is 0.269 e. The summed E-state index contributed by atoms with van der Waals surface area (Å²) < 4.78 is 0. The Morgan fingerprint density at radius 3 is 2.32 bits per heavy atom. The maximum absolute atomic E-state index is 11.9. The molecule has 1 N–H and O–H groups in total. The number of carbonyl (C=O) groups is 1. The molecule has 0 spiro atoms. The number of carbonyl (C=O) groups excluding carboxylic acids is 1. The standard InChI is InChI=1S/C17H17NO4/c19-16(11-6-13-4-2-1-3-5-13)12-17(20)14-7-9-15(10-8-14)18(21)22/h1-5,7-10,17,20H,6,11-12H2/t17-/m0/s1. The molecule has 0 amide bonds. The van der Waals surface area contributed by atoms with Crippen LogP contribution in [-0.2, 0) is 11.2 Å². The van der Waals surface area contributed by atoms with Crippen molar-refractivity contribution in [3.8, 4) is 0 Å². The van der Waals surface area contributed by atoms with Gasteiger partial charge < -0.3 is 5.11 Å². The van der Waals surface area contributed by atoms with E-state index in [1.54, 1.807) is 0 Å². The predicted molar refractivity (Wildman–Crippen MR) is 82.4 cm³/mol. The van der Waals surface area contributed by atoms with E-state index >= 15 is 0 Å². The van der Waals surface area contributed by atoms with Crippen LogP contribution in [0.3, 0.4) is 0 Å². The number of nitro groups is 1. The average molecular weight is 299 g/mol. The molecule has 5 heteroatoms. The first kappa shape index (κ1) is 15.9. The van der Waals surface area contributed by atoms with Gasteiger partial charge in [0.05, 0.1) is 11.0 Å². The van der Waals surface area contributed by atoms with Crippen LogP contribution in [0.1, 0.15) is 30.1 Å². The molecule has 0 unspecified atom stereocenters. The van der Waals surface area contributed by atoms with E-state index in [1.807, 2.05) is 30.3 Å². The van der Waals surface area contributed by atoms with E-state index in [9.17, 15) is 20.0 Å². The molecule has 0 saturated heterocycles. The summed E-state index contributed by atoms with van der Waals surface area (Å²) >= 11 is 0. The van der Waals surface area contributed by atoms with Crippen molar-refractivity contribution in [2.45, 2.75) is 25.4 Å². The van der Waals surface area contributed by atoms with Crippen LogP contribution in [0.5, 0.6) is 0 Å². The number of non-ortho nitro benzene ring substituents is 1. The second-order valence-electron chi connectivity index (χ2n) is 5.09. The van der Waals surface area contributed by atoms with E-state index in [-0.39, 0.29) is 17.9 Å². The van der Waals surface area contributed by atoms with Crippen molar-refractivity contribution in [2.24, 2.45) is 0 Å². The van der Waals surface area contributed by atoms with E-state index in [4.69, 9.17) is 0 Å². The fourth-order valence-electron chi connectivity index (χ4n) is 2.18. The zero-order chi connectivity index (χ0) is 15.9. The normalized spacial score (nSPS) is 11.9. The Hall–Kier alpha value is -2.53. The van der Waals surface area contributed by atoms with Crippen LogP contribution in [0.2, 0.25) is 0 Å². The van der Waals surface area contributed by atoms with Gasteiger partial charge in [-0.1, -0.05) is 30.3 Å². The monoisotopic (exact) mass is 299 g/mol. The molecule has 22 heavy (non-hydrogen) atoms. The number of rotatable bonds is 7. The second-order valence-corrected chi connectivity index (χ2v) is 5.09. The van der Waals surface area contributed by atoms with Crippen LogP contribution in [0, 0.1) is 10.1 Å². The van der Waals surface area contributed by atoms with Gasteiger partial charge in [-0.3, -0.25) is 14.9 Å². The number of aryl methyl sites for hydroxylation is 1. The minimum atomic E-state index is -0.927. The molecule has 2 aromatic rings. The van der Waals surface area contributed by atoms with Crippen molar-refractivity contribution in [1.29, 1.82) is 0 Å². The number of aliphatic hydroxyl groups excluding tert-OH is 1. The van der Waals surface area contributed by atoms with Gasteiger partial charge in [0.25, 0.3) is 5.69 Å². The number of benzene rings is 2. The molecule has 0 fully saturated rings. The number of hydrogen-bond donors (Lipinski definition) is 1. The first-order valence-corrected chi connectivity index (χ1v) is 7.04. The Morgan fingerprint density at radius 2 is 1.73 bits per heavy atom. The molecule has 5 nitrogen and oxygen atoms in total. The molecule has 0 aliphatic carbocycles. The molecule has 1 atom stereocenters. The number of Topliss-reactive ketones (excluding diaryl/α,β-unsaturated/α-hetero) is 1. The number of nitro benzene ring substituents is 1. The quantitative estimate of drug-likeness (QED) is 0.628. The largest absolute Gasteiger partial charge is 0.388 e. The van der Waals surface area contributed by atoms with Crippen molar-refractivity contribution in [3.63, 3.8) is 0 Å². The number of hydrogen-bond acceptors (Lipinski definition) is 4. The van der Waals surface area contributed by atoms with Gasteiger partial charge in [0.2, 0.25) is 0 Å². The van der Waals surface area contributed by atoms with Gasteiger partial charge in [-0.2, -0.15) is 0 Å². The lowest BCUT2D eigenvalue weighted by Crippen LogP contribution is -2.07. The average Bonchev–Trinajstić information content (AvgIpc) is 2.54. The van der Waals surface area contributed by atoms with Crippen molar-refractivity contribution < 1.29 is 14.8 Å². The van der Waals surface area contributed by atoms with Crippen LogP contribution < -0.4 is 0 Å². The first-order chi connectivity index (χ1) is 10.6. The molecule has 0 aliphatic heterocycles. The van der Waals surface area contributed by atoms with E-state index < -0.39 is 11.0 Å². The first-order valence-electron chi connectivity index (χ1n) is 7.04. The van der Waals surface area contributed by atoms with Crippen LogP contribution >= 0.6 is 0 Å². The predicted octanol–water partition coefficient (Wildman–Crippen LogP) is 3.22. The summed E-state index contributed by atoms with van der Waals surface area (Å²) in [4.78, 5) is 22.0. The van der Waals surface area contributed by atoms with E-state index in [0.717, 1.165) is 5.56 Å². The number of aliphatic hydroxyl groups is 1. The summed E-state index contributed by atoms with van der Waals surface area (Å²) in [6.45, 7) is 0. The highest BCUT2D eigenvalue weighted by atomic mass is 16.6. The molecule has 0 aliphatic rings. The lowest BCUT2D eigenvalue weighted by molar-refractivity contribution is -0.384. The lowest BCUT2D eigenvalue weighted by atomic mass is 10.00. The fourth-order valence-corrected chi connectivity index (χ4v) is 2.18. The van der Waals surface area contributed by atoms with Gasteiger partial charge in [0.1, 0.15) is 5.78 Å². The summed E-state index contributed by atoms with van der Waals surface area (Å²) in [6.07, 6.45) is 0.106. The zero-order valence-corrected chi connectivity index (χ0v) is 12.0. The summed E-state index contributed by atoms with van der Waals surface area (Å²) in [5.41, 5.74) is 1.56. The van der Waals surface area contributed by atoms with Crippen molar-refractivity contribution in [2.75, 3.05) is 0 Å². The Kier molecular flexibility index (Phi) is 5.38. The Bertz CT molecular complexity index is 637. The minimum absolute atomic E-state index is 0.0185. The third kappa shape index (κ3) is 4.49. The smallest absolute Gasteiger partial charge is 0.269 e. The van der Waals surface area contributed by atoms with Gasteiger partial charge in [-0.25, -0.2) is 0 Å². The molecular weight excluding hydrogens is 282 g/mol. The van der Waals surface area contributed by atoms with Gasteiger partial charge in [0, 0.05) is 25.0 Å². The Morgan fingerprint density at radius 1 is 1.09 bits per heavy atom. The van der Waals surface area contributed by atoms with Crippen molar-refractivity contribution in [3.05, 3.63) is 75.8 Å². The minimum Gasteiger partial charge on any atom is -0.388 e. The number of nitrogens with zero attached hydrogens (tertiary/aromatic N) is 1. The summed E-state index contributed by atoms with van der Waals surface area (Å²) in [7, 11) is 0. The van der Waals surface area contributed by atoms with E-state index in [0.29, 0.717) is 18.4 Å². The summed E-state index contributed by atoms with van der Waals surface area (Å²) in [5, 5.41) is 20.6. The van der Waals surface area contributed by atoms with Crippen LogP contribution in [0.4, 0.5) is 5.69 Å². The third-order valence-electron chi connectivity index (χ3n) is 3.45. The number of ketones is 1. The van der Waals surface area contributed by atoms with Crippen molar-refractivity contribution in [1.82, 2.24) is 0 Å². The highest BCUT2D eigenvalue weighted by molar-refractivity contribution is 5.79. The molecular formula is C17H17NO4. The second kappa shape index (κ2) is 7.47. The molecule has 2 rings (SSSR count). The Labute approximate surface area is 128 Å². The van der Waals surface area contributed by atoms with Gasteiger partial charge in [-0.15, -0.1) is 0 Å². The summed E-state index contributed by atoms with van der Waals surface area (Å²) in [6, 6.07) is 15.3. The zero-order valence-electron chi connectivity index (χ0n) is 12.0. The maximum atomic E-state index is 11.9. The molecule has 0 bridgehead atoms. The molecule has 0 heterocycles. The lowest BCUT2D eigenvalue weighted by Gasteiger charge is -2.10. The fraction of sp³-hybridized carbons (Fsp3) is 0.235. The molecule has 0 radical (unpaired) electrons. The van der Waals surface area contributed by atoms with Crippen LogP contribution in [-0.4, -0.2) is 15.8 Å². The van der Waals surface area contributed by atoms with Crippen LogP contribution in [0.15, 0.2) is 54.6 Å². The highest BCUT2D eigenvalue weighted by Gasteiger charge is 2.14. The highest BCUT2D eigenvalue weighted by Crippen LogP contribution is 2.21. The van der Waals surface area contributed by atoms with Gasteiger partial charge >= 0.3 is 0 Å². The van der Waals surface area contributed by atoms with E-state index in [1.165, 1.54) is 24.3 Å². The molecule has 114 valence electrons. The van der Waals surface area contributed by atoms with E-state index in [2.05, 4.69) is 0 Å². The molecule has 0 aromatic heterocycles. The van der Waals surface area contributed by atoms with Gasteiger partial charge in [-0.05, 0) is 29.7 Å². The Balaban J connectivity index is 1.86. The SMILES string of the molecule is O=C(CCc1ccccc1)C[C@H](O)c1ccc([N+](=O)[O-])cc1.